The van der Waals surface area contributed by atoms with Gasteiger partial charge in [-0.05, 0) is 19.3 Å². The van der Waals surface area contributed by atoms with Crippen molar-refractivity contribution in [2.24, 2.45) is 0 Å². The highest BCUT2D eigenvalue weighted by Gasteiger charge is 2.44. The van der Waals surface area contributed by atoms with Crippen LogP contribution in [0.25, 0.3) is 0 Å². The molecule has 0 spiro atoms. The fourth-order valence-corrected chi connectivity index (χ4v) is 8.10. The van der Waals surface area contributed by atoms with E-state index in [1.165, 1.54) is 180 Å². The van der Waals surface area contributed by atoms with Crippen LogP contribution in [0, 0.1) is 0 Å². The van der Waals surface area contributed by atoms with Crippen LogP contribution in [0.15, 0.2) is 12.2 Å². The highest BCUT2D eigenvalue weighted by Crippen LogP contribution is 2.23. The second-order valence-electron chi connectivity index (χ2n) is 17.6. The van der Waals surface area contributed by atoms with Crippen molar-refractivity contribution < 1.29 is 39.8 Å². The van der Waals surface area contributed by atoms with Crippen molar-refractivity contribution in [2.75, 3.05) is 13.2 Å². The lowest BCUT2D eigenvalue weighted by Gasteiger charge is -2.40. The Labute approximate surface area is 356 Å². The van der Waals surface area contributed by atoms with Crippen molar-refractivity contribution in [1.29, 1.82) is 0 Å². The third kappa shape index (κ3) is 30.0. The standard InChI is InChI=1S/C49H95NO8/c1-3-5-7-9-11-13-15-17-18-19-20-21-22-23-24-25-27-29-31-33-35-37-39-45(53)50-42(41-57-49-48(56)47(55)46(54)44(40-51)58-49)43(52)38-36-34-32-30-28-26-16-14-12-10-8-6-4-2/h36,38,42-44,46-49,51-52,54-56H,3-35,37,39-41H2,1-2H3,(H,50,53)/b38-36+/t42-,43+,44-,46-,47?,48?,49-/m0/s1. The first kappa shape index (κ1) is 54.9. The number of carbonyl (C=O) groups is 1. The van der Waals surface area contributed by atoms with Crippen LogP contribution in [0.4, 0.5) is 0 Å². The quantitative estimate of drug-likeness (QED) is 0.0263. The fraction of sp³-hybridized carbons (Fsp3) is 0.939. The van der Waals surface area contributed by atoms with E-state index in [1.807, 2.05) is 6.08 Å². The number of aliphatic hydroxyl groups is 5. The molecule has 0 radical (unpaired) electrons. The number of nitrogens with one attached hydrogen (secondary N) is 1. The van der Waals surface area contributed by atoms with Crippen LogP contribution in [0.5, 0.6) is 0 Å². The molecule has 1 aliphatic heterocycles. The molecule has 0 aromatic carbocycles. The van der Waals surface area contributed by atoms with Crippen LogP contribution in [0.2, 0.25) is 0 Å². The van der Waals surface area contributed by atoms with Gasteiger partial charge in [-0.3, -0.25) is 4.79 Å². The summed E-state index contributed by atoms with van der Waals surface area (Å²) in [6.07, 6.45) is 39.8. The summed E-state index contributed by atoms with van der Waals surface area (Å²) in [4.78, 5) is 13.0. The van der Waals surface area contributed by atoms with E-state index in [0.29, 0.717) is 6.42 Å². The van der Waals surface area contributed by atoms with Crippen molar-refractivity contribution in [3.63, 3.8) is 0 Å². The summed E-state index contributed by atoms with van der Waals surface area (Å²) in [5, 5.41) is 54.2. The Morgan fingerprint density at radius 3 is 1.34 bits per heavy atom. The van der Waals surface area contributed by atoms with Crippen LogP contribution < -0.4 is 5.32 Å². The Morgan fingerprint density at radius 2 is 0.948 bits per heavy atom. The van der Waals surface area contributed by atoms with E-state index in [-0.39, 0.29) is 12.5 Å². The Hall–Kier alpha value is -1.07. The molecular weight excluding hydrogens is 731 g/mol. The zero-order valence-corrected chi connectivity index (χ0v) is 37.8. The maximum atomic E-state index is 13.0. The molecule has 1 fully saturated rings. The van der Waals surface area contributed by atoms with Gasteiger partial charge in [0.25, 0.3) is 0 Å². The molecule has 1 amide bonds. The van der Waals surface area contributed by atoms with Crippen LogP contribution in [0.1, 0.15) is 239 Å². The van der Waals surface area contributed by atoms with Gasteiger partial charge in [-0.25, -0.2) is 0 Å². The molecule has 1 saturated heterocycles. The number of hydrogen-bond donors (Lipinski definition) is 6. The molecule has 0 aliphatic carbocycles. The van der Waals surface area contributed by atoms with Gasteiger partial charge in [-0.15, -0.1) is 0 Å². The summed E-state index contributed by atoms with van der Waals surface area (Å²) >= 11 is 0. The smallest absolute Gasteiger partial charge is 0.220 e. The van der Waals surface area contributed by atoms with Crippen molar-refractivity contribution >= 4 is 5.91 Å². The maximum absolute atomic E-state index is 13.0. The Bertz CT molecular complexity index is 919. The van der Waals surface area contributed by atoms with E-state index in [0.717, 1.165) is 38.5 Å². The first-order valence-electron chi connectivity index (χ1n) is 24.9. The first-order valence-corrected chi connectivity index (χ1v) is 24.9. The number of rotatable bonds is 42. The van der Waals surface area contributed by atoms with Gasteiger partial charge in [0.2, 0.25) is 5.91 Å². The van der Waals surface area contributed by atoms with Gasteiger partial charge >= 0.3 is 0 Å². The number of amides is 1. The van der Waals surface area contributed by atoms with Crippen LogP contribution in [0.3, 0.4) is 0 Å². The molecule has 0 aromatic rings. The maximum Gasteiger partial charge on any atom is 0.220 e. The second kappa shape index (κ2) is 40.0. The molecule has 0 saturated carbocycles. The average Bonchev–Trinajstić information content (AvgIpc) is 3.22. The van der Waals surface area contributed by atoms with Crippen LogP contribution in [-0.2, 0) is 14.3 Å². The van der Waals surface area contributed by atoms with Gasteiger partial charge in [-0.1, -0.05) is 225 Å². The van der Waals surface area contributed by atoms with Crippen LogP contribution in [-0.4, -0.2) is 87.5 Å². The number of carbonyl (C=O) groups excluding carboxylic acids is 1. The third-order valence-electron chi connectivity index (χ3n) is 12.1. The van der Waals surface area contributed by atoms with E-state index in [9.17, 15) is 30.3 Å². The summed E-state index contributed by atoms with van der Waals surface area (Å²) < 4.78 is 11.2. The topological polar surface area (TPSA) is 149 Å². The van der Waals surface area contributed by atoms with Crippen molar-refractivity contribution in [1.82, 2.24) is 5.32 Å². The van der Waals surface area contributed by atoms with E-state index < -0.39 is 49.5 Å². The zero-order chi connectivity index (χ0) is 42.3. The van der Waals surface area contributed by atoms with E-state index in [4.69, 9.17) is 9.47 Å². The summed E-state index contributed by atoms with van der Waals surface area (Å²) in [5.41, 5.74) is 0. The summed E-state index contributed by atoms with van der Waals surface area (Å²) in [6, 6.07) is -0.798. The lowest BCUT2D eigenvalue weighted by Crippen LogP contribution is -2.60. The van der Waals surface area contributed by atoms with Gasteiger partial charge in [0, 0.05) is 6.42 Å². The molecule has 7 atom stereocenters. The van der Waals surface area contributed by atoms with Crippen molar-refractivity contribution in [3.05, 3.63) is 12.2 Å². The van der Waals surface area contributed by atoms with Crippen molar-refractivity contribution in [2.45, 2.75) is 281 Å². The number of allylic oxidation sites excluding steroid dienone is 1. The van der Waals surface area contributed by atoms with E-state index in [2.05, 4.69) is 19.2 Å². The predicted molar refractivity (Wildman–Crippen MR) is 240 cm³/mol. The number of aliphatic hydroxyl groups excluding tert-OH is 5. The molecule has 9 heteroatoms. The molecule has 0 bridgehead atoms. The molecule has 344 valence electrons. The molecule has 6 N–H and O–H groups in total. The minimum absolute atomic E-state index is 0.173. The van der Waals surface area contributed by atoms with Crippen LogP contribution >= 0.6 is 0 Å². The summed E-state index contributed by atoms with van der Waals surface area (Å²) in [6.45, 7) is 3.79. The summed E-state index contributed by atoms with van der Waals surface area (Å²) in [5.74, 6) is -0.173. The number of hydrogen-bond acceptors (Lipinski definition) is 8. The highest BCUT2D eigenvalue weighted by molar-refractivity contribution is 5.76. The normalized spacial score (nSPS) is 20.8. The summed E-state index contributed by atoms with van der Waals surface area (Å²) in [7, 11) is 0. The molecule has 1 aliphatic rings. The minimum atomic E-state index is -1.56. The largest absolute Gasteiger partial charge is 0.394 e. The molecule has 58 heavy (non-hydrogen) atoms. The fourth-order valence-electron chi connectivity index (χ4n) is 8.10. The number of ether oxygens (including phenoxy) is 2. The van der Waals surface area contributed by atoms with E-state index >= 15 is 0 Å². The zero-order valence-electron chi connectivity index (χ0n) is 37.8. The van der Waals surface area contributed by atoms with Gasteiger partial charge in [-0.2, -0.15) is 0 Å². The van der Waals surface area contributed by atoms with Gasteiger partial charge < -0.3 is 40.3 Å². The lowest BCUT2D eigenvalue weighted by molar-refractivity contribution is -0.302. The number of unbranched alkanes of at least 4 members (excludes halogenated alkanes) is 32. The predicted octanol–water partition coefficient (Wildman–Crippen LogP) is 10.9. The Kier molecular flexibility index (Phi) is 37.9. The van der Waals surface area contributed by atoms with E-state index in [1.54, 1.807) is 6.08 Å². The SMILES string of the molecule is CCCCCCCCCCCCC/C=C/[C@@H](O)[C@H](CO[C@H]1O[C@@H](CO)[C@H](O)C(O)C1O)NC(=O)CCCCCCCCCCCCCCCCCCCCCCCC. The molecule has 2 unspecified atom stereocenters. The minimum Gasteiger partial charge on any atom is -0.394 e. The first-order chi connectivity index (χ1) is 28.3. The van der Waals surface area contributed by atoms with Gasteiger partial charge in [0.1, 0.15) is 24.4 Å². The lowest BCUT2D eigenvalue weighted by atomic mass is 9.99. The monoisotopic (exact) mass is 826 g/mol. The van der Waals surface area contributed by atoms with Crippen molar-refractivity contribution in [3.8, 4) is 0 Å². The molecule has 0 aromatic heterocycles. The van der Waals surface area contributed by atoms with Gasteiger partial charge in [0.05, 0.1) is 25.4 Å². The second-order valence-corrected chi connectivity index (χ2v) is 17.6. The molecule has 9 nitrogen and oxygen atoms in total. The third-order valence-corrected chi connectivity index (χ3v) is 12.1. The Morgan fingerprint density at radius 1 is 0.569 bits per heavy atom. The average molecular weight is 826 g/mol. The molecular formula is C49H95NO8. The molecule has 1 rings (SSSR count). The highest BCUT2D eigenvalue weighted by atomic mass is 16.7. The Balaban J connectivity index is 2.25. The van der Waals surface area contributed by atoms with Gasteiger partial charge in [0.15, 0.2) is 6.29 Å². The molecule has 1 heterocycles.